The topological polar surface area (TPSA) is 47.6 Å². The number of aryl methyl sites for hydroxylation is 1. The van der Waals surface area contributed by atoms with Crippen molar-refractivity contribution in [3.05, 3.63) is 48.0 Å². The molecule has 1 amide bonds. The Balaban J connectivity index is 1.52. The number of piperidine rings is 1. The summed E-state index contributed by atoms with van der Waals surface area (Å²) in [5, 5.41) is 6.24. The quantitative estimate of drug-likeness (QED) is 0.670. The van der Waals surface area contributed by atoms with Crippen LogP contribution in [0.3, 0.4) is 0 Å². The largest absolute Gasteiger partial charge is 0.376 e. The van der Waals surface area contributed by atoms with Gasteiger partial charge >= 0.3 is 0 Å². The highest BCUT2D eigenvalue weighted by molar-refractivity contribution is 5.94. The fourth-order valence-electron chi connectivity index (χ4n) is 3.92. The van der Waals surface area contributed by atoms with Crippen LogP contribution in [0, 0.1) is 6.92 Å². The van der Waals surface area contributed by atoms with Crippen LogP contribution in [0.1, 0.15) is 38.7 Å². The molecule has 1 aliphatic rings. The summed E-state index contributed by atoms with van der Waals surface area (Å²) in [7, 11) is 0. The number of hydrogen-bond donors (Lipinski definition) is 2. The first-order valence-electron chi connectivity index (χ1n) is 10.8. The highest BCUT2D eigenvalue weighted by atomic mass is 16.1. The Morgan fingerprint density at radius 3 is 2.31 bits per heavy atom. The number of amides is 1. The lowest BCUT2D eigenvalue weighted by atomic mass is 10.1. The predicted octanol–water partition coefficient (Wildman–Crippen LogP) is 4.88. The van der Waals surface area contributed by atoms with Gasteiger partial charge in [-0.15, -0.1) is 0 Å². The molecule has 2 aromatic carbocycles. The molecule has 1 aliphatic heterocycles. The fraction of sp³-hybridized carbons (Fsp3) is 0.458. The number of nitrogens with one attached hydrogen (secondary N) is 2. The second kappa shape index (κ2) is 10.2. The molecule has 2 N–H and O–H groups in total. The summed E-state index contributed by atoms with van der Waals surface area (Å²) in [6.45, 7) is 10.9. The molecule has 0 radical (unpaired) electrons. The summed E-state index contributed by atoms with van der Waals surface area (Å²) in [5.74, 6) is -0.0389. The first-order chi connectivity index (χ1) is 14.1. The number of benzene rings is 2. The van der Waals surface area contributed by atoms with E-state index >= 15 is 0 Å². The Bertz CT molecular complexity index is 793. The molecule has 3 rings (SSSR count). The van der Waals surface area contributed by atoms with Crippen molar-refractivity contribution < 1.29 is 4.79 Å². The zero-order chi connectivity index (χ0) is 20.6. The third-order valence-corrected chi connectivity index (χ3v) is 5.65. The minimum absolute atomic E-state index is 0.0389. The number of carbonyl (C=O) groups excluding carboxylic acids is 1. The van der Waals surface area contributed by atoms with Crippen molar-refractivity contribution in [2.45, 2.75) is 40.0 Å². The lowest BCUT2D eigenvalue weighted by Crippen LogP contribution is -2.29. The van der Waals surface area contributed by atoms with Crippen LogP contribution in [0.4, 0.5) is 22.7 Å². The second-order valence-electron chi connectivity index (χ2n) is 7.67. The first kappa shape index (κ1) is 21.0. The van der Waals surface area contributed by atoms with Crippen LogP contribution in [0.25, 0.3) is 0 Å². The van der Waals surface area contributed by atoms with Gasteiger partial charge in [-0.2, -0.15) is 0 Å². The molecule has 0 saturated carbocycles. The van der Waals surface area contributed by atoms with Gasteiger partial charge in [-0.25, -0.2) is 0 Å². The Hall–Kier alpha value is -2.69. The molecular weight excluding hydrogens is 360 g/mol. The smallest absolute Gasteiger partial charge is 0.243 e. The van der Waals surface area contributed by atoms with E-state index in [9.17, 15) is 4.79 Å². The van der Waals surface area contributed by atoms with Crippen molar-refractivity contribution in [3.63, 3.8) is 0 Å². The summed E-state index contributed by atoms with van der Waals surface area (Å²) in [4.78, 5) is 17.1. The average Bonchev–Trinajstić information content (AvgIpc) is 2.75. The van der Waals surface area contributed by atoms with E-state index in [4.69, 9.17) is 0 Å². The normalized spacial score (nSPS) is 13.8. The summed E-state index contributed by atoms with van der Waals surface area (Å²) in [6, 6.07) is 14.5. The Labute approximate surface area is 175 Å². The van der Waals surface area contributed by atoms with Crippen LogP contribution >= 0.6 is 0 Å². The molecular formula is C24H34N4O. The highest BCUT2D eigenvalue weighted by Crippen LogP contribution is 2.23. The summed E-state index contributed by atoms with van der Waals surface area (Å²) in [6.07, 6.45) is 3.86. The predicted molar refractivity (Wildman–Crippen MR) is 124 cm³/mol. The molecule has 1 heterocycles. The zero-order valence-corrected chi connectivity index (χ0v) is 18.0. The van der Waals surface area contributed by atoms with Crippen molar-refractivity contribution in [1.82, 2.24) is 0 Å². The molecule has 0 aliphatic carbocycles. The minimum atomic E-state index is -0.0389. The monoisotopic (exact) mass is 394 g/mol. The van der Waals surface area contributed by atoms with Crippen LogP contribution in [0.2, 0.25) is 0 Å². The second-order valence-corrected chi connectivity index (χ2v) is 7.67. The lowest BCUT2D eigenvalue weighted by Gasteiger charge is -2.28. The van der Waals surface area contributed by atoms with E-state index in [0.29, 0.717) is 0 Å². The van der Waals surface area contributed by atoms with Gasteiger partial charge in [0.15, 0.2) is 0 Å². The van der Waals surface area contributed by atoms with Gasteiger partial charge in [-0.05, 0) is 88.1 Å². The van der Waals surface area contributed by atoms with Crippen molar-refractivity contribution in [2.24, 2.45) is 0 Å². The van der Waals surface area contributed by atoms with Crippen molar-refractivity contribution in [3.8, 4) is 0 Å². The Kier molecular flexibility index (Phi) is 7.39. The maximum atomic E-state index is 12.4. The van der Waals surface area contributed by atoms with Crippen molar-refractivity contribution in [2.75, 3.05) is 53.2 Å². The first-order valence-corrected chi connectivity index (χ1v) is 10.8. The molecule has 5 nitrogen and oxygen atoms in total. The number of carbonyl (C=O) groups is 1. The lowest BCUT2D eigenvalue weighted by molar-refractivity contribution is -0.114. The molecule has 0 unspecified atom stereocenters. The van der Waals surface area contributed by atoms with Crippen LogP contribution < -0.4 is 20.4 Å². The average molecular weight is 395 g/mol. The third-order valence-electron chi connectivity index (χ3n) is 5.65. The third kappa shape index (κ3) is 5.66. The maximum absolute atomic E-state index is 12.4. The molecule has 156 valence electrons. The van der Waals surface area contributed by atoms with Gasteiger partial charge in [0.05, 0.1) is 6.54 Å². The van der Waals surface area contributed by atoms with Gasteiger partial charge in [-0.1, -0.05) is 0 Å². The summed E-state index contributed by atoms with van der Waals surface area (Å²) < 4.78 is 0. The number of hydrogen-bond acceptors (Lipinski definition) is 4. The molecule has 0 atom stereocenters. The van der Waals surface area contributed by atoms with Gasteiger partial charge in [0.1, 0.15) is 0 Å². The fourth-order valence-corrected chi connectivity index (χ4v) is 3.92. The Morgan fingerprint density at radius 1 is 1.00 bits per heavy atom. The van der Waals surface area contributed by atoms with E-state index in [2.05, 4.69) is 71.5 Å². The van der Waals surface area contributed by atoms with Crippen LogP contribution in [0.5, 0.6) is 0 Å². The summed E-state index contributed by atoms with van der Waals surface area (Å²) >= 11 is 0. The van der Waals surface area contributed by atoms with Crippen LogP contribution in [0.15, 0.2) is 42.5 Å². The molecule has 29 heavy (non-hydrogen) atoms. The van der Waals surface area contributed by atoms with E-state index in [1.54, 1.807) is 0 Å². The van der Waals surface area contributed by atoms with E-state index in [1.807, 2.05) is 12.1 Å². The molecule has 1 fully saturated rings. The molecule has 1 saturated heterocycles. The Morgan fingerprint density at radius 2 is 1.69 bits per heavy atom. The molecule has 0 spiro atoms. The minimum Gasteiger partial charge on any atom is -0.376 e. The number of rotatable bonds is 8. The van der Waals surface area contributed by atoms with Crippen LogP contribution in [-0.4, -0.2) is 38.6 Å². The van der Waals surface area contributed by atoms with Gasteiger partial charge in [0.2, 0.25) is 5.91 Å². The zero-order valence-electron chi connectivity index (χ0n) is 18.0. The van der Waals surface area contributed by atoms with E-state index in [-0.39, 0.29) is 12.5 Å². The maximum Gasteiger partial charge on any atom is 0.243 e. The van der Waals surface area contributed by atoms with E-state index in [0.717, 1.165) is 43.1 Å². The molecule has 0 aromatic heterocycles. The van der Waals surface area contributed by atoms with E-state index in [1.165, 1.54) is 30.6 Å². The van der Waals surface area contributed by atoms with Gasteiger partial charge < -0.3 is 20.4 Å². The molecule has 0 bridgehead atoms. The van der Waals surface area contributed by atoms with Gasteiger partial charge in [0, 0.05) is 48.9 Å². The van der Waals surface area contributed by atoms with Gasteiger partial charge in [-0.3, -0.25) is 4.79 Å². The van der Waals surface area contributed by atoms with E-state index < -0.39 is 0 Å². The number of nitrogens with zero attached hydrogens (tertiary/aromatic N) is 2. The molecule has 2 aromatic rings. The van der Waals surface area contributed by atoms with Gasteiger partial charge in [0.25, 0.3) is 0 Å². The highest BCUT2D eigenvalue weighted by Gasteiger charge is 2.11. The van der Waals surface area contributed by atoms with Crippen molar-refractivity contribution in [1.29, 1.82) is 0 Å². The molecule has 5 heteroatoms. The standard InChI is InChI=1S/C24H34N4O/c1-4-27(5-2)22-13-14-23(19(3)17-22)25-18-24(29)26-20-9-11-21(12-10-20)28-15-7-6-8-16-28/h9-14,17,25H,4-8,15-16,18H2,1-3H3,(H,26,29). The summed E-state index contributed by atoms with van der Waals surface area (Å²) in [5.41, 5.74) is 5.44. The SMILES string of the molecule is CCN(CC)c1ccc(NCC(=O)Nc2ccc(N3CCCCC3)cc2)c(C)c1. The van der Waals surface area contributed by atoms with Crippen LogP contribution in [-0.2, 0) is 4.79 Å². The van der Waals surface area contributed by atoms with Crippen molar-refractivity contribution >= 4 is 28.7 Å². The number of anilines is 4.